The zero-order chi connectivity index (χ0) is 15.7. The number of hydrogen-bond acceptors (Lipinski definition) is 4. The molecule has 0 aromatic heterocycles. The second-order valence-electron chi connectivity index (χ2n) is 5.24. The van der Waals surface area contributed by atoms with Gasteiger partial charge in [-0.25, -0.2) is 0 Å². The van der Waals surface area contributed by atoms with Gasteiger partial charge in [-0.2, -0.15) is 0 Å². The third-order valence-corrected chi connectivity index (χ3v) is 4.79. The molecule has 0 unspecified atom stereocenters. The van der Waals surface area contributed by atoms with Gasteiger partial charge in [0, 0.05) is 27.1 Å². The molecule has 0 bridgehead atoms. The summed E-state index contributed by atoms with van der Waals surface area (Å²) in [6.45, 7) is 7.66. The topological polar surface area (TPSA) is 69.2 Å². The number of anilines is 1. The van der Waals surface area contributed by atoms with Crippen LogP contribution in [-0.4, -0.2) is 4.92 Å². The van der Waals surface area contributed by atoms with Crippen LogP contribution in [0.2, 0.25) is 0 Å². The van der Waals surface area contributed by atoms with Gasteiger partial charge in [-0.15, -0.1) is 0 Å². The second-order valence-corrected chi connectivity index (χ2v) is 6.32. The molecule has 4 nitrogen and oxygen atoms in total. The largest absolute Gasteiger partial charge is 0.399 e. The fraction of sp³-hybridized carbons (Fsp3) is 0.250. The molecule has 0 saturated heterocycles. The number of nitrogen functional groups attached to an aromatic ring is 1. The molecule has 0 heterocycles. The van der Waals surface area contributed by atoms with Gasteiger partial charge in [-0.05, 0) is 62.6 Å². The van der Waals surface area contributed by atoms with Crippen molar-refractivity contribution in [3.63, 3.8) is 0 Å². The first-order valence-corrected chi connectivity index (χ1v) is 7.41. The summed E-state index contributed by atoms with van der Waals surface area (Å²) in [6, 6.07) is 7.54. The van der Waals surface area contributed by atoms with Crippen LogP contribution in [0.5, 0.6) is 0 Å². The first kappa shape index (κ1) is 15.4. The molecule has 0 amide bonds. The summed E-state index contributed by atoms with van der Waals surface area (Å²) in [6.07, 6.45) is 0. The van der Waals surface area contributed by atoms with Crippen molar-refractivity contribution < 1.29 is 4.92 Å². The van der Waals surface area contributed by atoms with Crippen LogP contribution in [0.15, 0.2) is 34.1 Å². The Bertz CT molecular complexity index is 727. The van der Waals surface area contributed by atoms with Gasteiger partial charge in [0.05, 0.1) is 4.92 Å². The van der Waals surface area contributed by atoms with Crippen LogP contribution in [0.3, 0.4) is 0 Å². The number of nitro benzene ring substituents is 1. The van der Waals surface area contributed by atoms with Crippen LogP contribution in [0.4, 0.5) is 11.4 Å². The number of benzene rings is 2. The molecule has 2 aromatic rings. The zero-order valence-corrected chi connectivity index (χ0v) is 13.4. The van der Waals surface area contributed by atoms with Gasteiger partial charge >= 0.3 is 0 Å². The lowest BCUT2D eigenvalue weighted by atomic mass is 10.1. The van der Waals surface area contributed by atoms with Crippen LogP contribution >= 0.6 is 11.8 Å². The van der Waals surface area contributed by atoms with E-state index in [4.69, 9.17) is 5.73 Å². The third kappa shape index (κ3) is 3.19. The van der Waals surface area contributed by atoms with Gasteiger partial charge in [0.1, 0.15) is 0 Å². The molecular formula is C16H18N2O2S. The summed E-state index contributed by atoms with van der Waals surface area (Å²) < 4.78 is 0. The summed E-state index contributed by atoms with van der Waals surface area (Å²) in [4.78, 5) is 12.8. The maximum absolute atomic E-state index is 11.0. The lowest BCUT2D eigenvalue weighted by molar-refractivity contribution is -0.385. The summed E-state index contributed by atoms with van der Waals surface area (Å²) in [5.74, 6) is 0. The van der Waals surface area contributed by atoms with Gasteiger partial charge in [-0.3, -0.25) is 10.1 Å². The molecular weight excluding hydrogens is 284 g/mol. The highest BCUT2D eigenvalue weighted by atomic mass is 32.2. The molecule has 0 atom stereocenters. The van der Waals surface area contributed by atoms with Gasteiger partial charge in [0.25, 0.3) is 5.69 Å². The van der Waals surface area contributed by atoms with Crippen molar-refractivity contribution >= 4 is 23.1 Å². The molecule has 0 aliphatic rings. The van der Waals surface area contributed by atoms with Crippen LogP contribution in [0.25, 0.3) is 0 Å². The quantitative estimate of drug-likeness (QED) is 0.512. The van der Waals surface area contributed by atoms with E-state index in [0.29, 0.717) is 5.56 Å². The fourth-order valence-corrected chi connectivity index (χ4v) is 3.27. The highest BCUT2D eigenvalue weighted by Crippen LogP contribution is 2.36. The van der Waals surface area contributed by atoms with Crippen molar-refractivity contribution in [2.24, 2.45) is 0 Å². The van der Waals surface area contributed by atoms with Crippen molar-refractivity contribution in [3.05, 3.63) is 56.6 Å². The molecule has 2 rings (SSSR count). The molecule has 110 valence electrons. The highest BCUT2D eigenvalue weighted by Gasteiger charge is 2.14. The van der Waals surface area contributed by atoms with Crippen molar-refractivity contribution in [1.29, 1.82) is 0 Å². The van der Waals surface area contributed by atoms with E-state index in [1.165, 1.54) is 0 Å². The molecule has 0 fully saturated rings. The number of aryl methyl sites for hydroxylation is 4. The Kier molecular flexibility index (Phi) is 4.23. The average Bonchev–Trinajstić information content (AvgIpc) is 2.39. The predicted octanol–water partition coefficient (Wildman–Crippen LogP) is 4.56. The smallest absolute Gasteiger partial charge is 0.272 e. The number of nitrogens with zero attached hydrogens (tertiary/aromatic N) is 1. The SMILES string of the molecule is Cc1cc(Sc2cc(C)c([N+](=O)[O-])cc2C)c(C)cc1N. The van der Waals surface area contributed by atoms with Gasteiger partial charge in [0.2, 0.25) is 0 Å². The Morgan fingerprint density at radius 2 is 1.43 bits per heavy atom. The van der Waals surface area contributed by atoms with E-state index >= 15 is 0 Å². The Hall–Kier alpha value is -2.01. The average molecular weight is 302 g/mol. The third-order valence-electron chi connectivity index (χ3n) is 3.47. The highest BCUT2D eigenvalue weighted by molar-refractivity contribution is 7.99. The molecule has 0 radical (unpaired) electrons. The molecule has 2 N–H and O–H groups in total. The minimum atomic E-state index is -0.338. The lowest BCUT2D eigenvalue weighted by Crippen LogP contribution is -1.95. The van der Waals surface area contributed by atoms with Gasteiger partial charge < -0.3 is 5.73 Å². The molecule has 0 saturated carbocycles. The number of nitrogens with two attached hydrogens (primary N) is 1. The molecule has 0 spiro atoms. The van der Waals surface area contributed by atoms with Crippen molar-refractivity contribution in [1.82, 2.24) is 0 Å². The summed E-state index contributed by atoms with van der Waals surface area (Å²) in [5, 5.41) is 11.0. The maximum atomic E-state index is 11.0. The summed E-state index contributed by atoms with van der Waals surface area (Å²) in [7, 11) is 0. The van der Waals surface area contributed by atoms with E-state index in [0.717, 1.165) is 32.2 Å². The minimum Gasteiger partial charge on any atom is -0.399 e. The van der Waals surface area contributed by atoms with Gasteiger partial charge in [0.15, 0.2) is 0 Å². The van der Waals surface area contributed by atoms with E-state index in [9.17, 15) is 10.1 Å². The van der Waals surface area contributed by atoms with Crippen molar-refractivity contribution in [3.8, 4) is 0 Å². The van der Waals surface area contributed by atoms with Crippen LogP contribution in [0.1, 0.15) is 22.3 Å². The normalized spacial score (nSPS) is 10.7. The number of hydrogen-bond donors (Lipinski definition) is 1. The maximum Gasteiger partial charge on any atom is 0.272 e. The molecule has 2 aromatic carbocycles. The zero-order valence-electron chi connectivity index (χ0n) is 12.6. The van der Waals surface area contributed by atoms with E-state index < -0.39 is 0 Å². The standard InChI is InChI=1S/C16H18N2O2S/c1-9-7-15(11(3)5-13(9)17)21-16-8-10(2)14(18(19)20)6-12(16)4/h5-8H,17H2,1-4H3. The first-order valence-electron chi connectivity index (χ1n) is 6.60. The fourth-order valence-electron chi connectivity index (χ4n) is 2.12. The molecule has 5 heteroatoms. The van der Waals surface area contributed by atoms with Gasteiger partial charge in [-0.1, -0.05) is 11.8 Å². The lowest BCUT2D eigenvalue weighted by Gasteiger charge is -2.12. The number of nitro groups is 1. The van der Waals surface area contributed by atoms with E-state index in [-0.39, 0.29) is 10.6 Å². The minimum absolute atomic E-state index is 0.169. The Morgan fingerprint density at radius 1 is 0.905 bits per heavy atom. The monoisotopic (exact) mass is 302 g/mol. The van der Waals surface area contributed by atoms with Crippen LogP contribution < -0.4 is 5.73 Å². The molecule has 21 heavy (non-hydrogen) atoms. The molecule has 0 aliphatic heterocycles. The predicted molar refractivity (Wildman–Crippen MR) is 87.0 cm³/mol. The second kappa shape index (κ2) is 5.77. The van der Waals surface area contributed by atoms with E-state index in [2.05, 4.69) is 6.07 Å². The summed E-state index contributed by atoms with van der Waals surface area (Å²) in [5.41, 5.74) is 10.6. The first-order chi connectivity index (χ1) is 9.79. The Balaban J connectivity index is 2.43. The summed E-state index contributed by atoms with van der Waals surface area (Å²) >= 11 is 1.62. The Morgan fingerprint density at radius 3 is 2.00 bits per heavy atom. The van der Waals surface area contributed by atoms with E-state index in [1.807, 2.05) is 32.9 Å². The van der Waals surface area contributed by atoms with Crippen molar-refractivity contribution in [2.75, 3.05) is 5.73 Å². The van der Waals surface area contributed by atoms with Crippen LogP contribution in [0, 0.1) is 37.8 Å². The number of rotatable bonds is 3. The van der Waals surface area contributed by atoms with Crippen molar-refractivity contribution in [2.45, 2.75) is 37.5 Å². The van der Waals surface area contributed by atoms with E-state index in [1.54, 1.807) is 24.8 Å². The molecule has 0 aliphatic carbocycles. The Labute approximate surface area is 128 Å². The van der Waals surface area contributed by atoms with Crippen LogP contribution in [-0.2, 0) is 0 Å².